The third kappa shape index (κ3) is 3.81. The summed E-state index contributed by atoms with van der Waals surface area (Å²) in [5.41, 5.74) is 4.22. The number of nitrogens with zero attached hydrogens (tertiary/aromatic N) is 2. The van der Waals surface area contributed by atoms with Gasteiger partial charge in [-0.05, 0) is 65.7 Å². The Morgan fingerprint density at radius 2 is 2.16 bits per heavy atom. The third-order valence-electron chi connectivity index (χ3n) is 6.82. The number of hydrogen-bond acceptors (Lipinski definition) is 4. The first-order valence-electron chi connectivity index (χ1n) is 10.9. The number of nitrogens with one attached hydrogen (secondary N) is 2. The van der Waals surface area contributed by atoms with Crippen LogP contribution in [0.2, 0.25) is 5.02 Å². The van der Waals surface area contributed by atoms with Crippen molar-refractivity contribution in [2.45, 2.75) is 50.2 Å². The van der Waals surface area contributed by atoms with Gasteiger partial charge < -0.3 is 15.4 Å². The number of rotatable bonds is 3. The molecule has 1 unspecified atom stereocenters. The molecule has 2 fully saturated rings. The number of likely N-dealkylation sites (tertiary alicyclic amines) is 1. The maximum Gasteiger partial charge on any atom is 0.315 e. The number of ether oxygens (including phenoxy) is 1. The molecule has 0 spiro atoms. The average Bonchev–Trinajstić information content (AvgIpc) is 3.34. The number of benzene rings is 1. The monoisotopic (exact) mass is 504 g/mol. The maximum absolute atomic E-state index is 12.0. The highest BCUT2D eigenvalue weighted by Gasteiger charge is 2.43. The van der Waals surface area contributed by atoms with Crippen LogP contribution in [0.4, 0.5) is 4.79 Å². The van der Waals surface area contributed by atoms with Crippen LogP contribution in [0.15, 0.2) is 28.7 Å². The van der Waals surface area contributed by atoms with Crippen molar-refractivity contribution < 1.29 is 9.53 Å². The number of aryl methyl sites for hydroxylation is 1. The number of pyridine rings is 1. The van der Waals surface area contributed by atoms with Crippen LogP contribution in [0.1, 0.15) is 42.9 Å². The van der Waals surface area contributed by atoms with Gasteiger partial charge in [0.15, 0.2) is 0 Å². The minimum absolute atomic E-state index is 0.0434. The molecule has 3 atom stereocenters. The van der Waals surface area contributed by atoms with Gasteiger partial charge in [0, 0.05) is 46.8 Å². The van der Waals surface area contributed by atoms with Crippen molar-refractivity contribution in [3.63, 3.8) is 0 Å². The number of aromatic nitrogens is 1. The van der Waals surface area contributed by atoms with Gasteiger partial charge in [0.2, 0.25) is 5.88 Å². The number of fused-ring (bicyclic) bond motifs is 2. The normalized spacial score (nSPS) is 25.8. The predicted octanol–water partition coefficient (Wildman–Crippen LogP) is 4.70. The quantitative estimate of drug-likeness (QED) is 0.635. The largest absolute Gasteiger partial charge is 0.481 e. The van der Waals surface area contributed by atoms with E-state index in [4.69, 9.17) is 21.3 Å². The molecule has 2 aromatic rings. The Morgan fingerprint density at radius 3 is 3.00 bits per heavy atom. The van der Waals surface area contributed by atoms with E-state index in [1.807, 2.05) is 18.2 Å². The van der Waals surface area contributed by atoms with E-state index in [-0.39, 0.29) is 18.1 Å². The zero-order chi connectivity index (χ0) is 21.5. The van der Waals surface area contributed by atoms with Crippen molar-refractivity contribution in [3.8, 4) is 17.1 Å². The first-order chi connectivity index (χ1) is 15.1. The molecule has 0 radical (unpaired) electrons. The van der Waals surface area contributed by atoms with Crippen LogP contribution in [0, 0.1) is 0 Å². The average molecular weight is 506 g/mol. The first kappa shape index (κ1) is 21.0. The molecule has 2 amide bonds. The van der Waals surface area contributed by atoms with Gasteiger partial charge in [0.25, 0.3) is 0 Å². The molecule has 6 nitrogen and oxygen atoms in total. The van der Waals surface area contributed by atoms with E-state index in [1.165, 1.54) is 11.1 Å². The van der Waals surface area contributed by atoms with E-state index in [2.05, 4.69) is 37.5 Å². The fourth-order valence-corrected chi connectivity index (χ4v) is 6.03. The topological polar surface area (TPSA) is 66.5 Å². The van der Waals surface area contributed by atoms with E-state index >= 15 is 0 Å². The van der Waals surface area contributed by atoms with Gasteiger partial charge in [-0.3, -0.25) is 4.90 Å². The summed E-state index contributed by atoms with van der Waals surface area (Å²) in [6, 6.07) is 8.83. The van der Waals surface area contributed by atoms with Crippen molar-refractivity contribution >= 4 is 33.6 Å². The molecule has 2 aliphatic heterocycles. The van der Waals surface area contributed by atoms with E-state index in [9.17, 15) is 4.79 Å². The lowest BCUT2D eigenvalue weighted by Gasteiger charge is -2.35. The second kappa shape index (κ2) is 8.60. The maximum atomic E-state index is 12.0. The molecule has 0 bridgehead atoms. The van der Waals surface area contributed by atoms with E-state index in [1.54, 1.807) is 7.11 Å². The highest BCUT2D eigenvalue weighted by atomic mass is 79.9. The van der Waals surface area contributed by atoms with Crippen LogP contribution < -0.4 is 15.4 Å². The van der Waals surface area contributed by atoms with Crippen molar-refractivity contribution in [1.29, 1.82) is 0 Å². The van der Waals surface area contributed by atoms with E-state index in [0.717, 1.165) is 60.9 Å². The molecule has 5 rings (SSSR count). The van der Waals surface area contributed by atoms with E-state index < -0.39 is 0 Å². The third-order valence-corrected chi connectivity index (χ3v) is 8.11. The number of amides is 2. The summed E-state index contributed by atoms with van der Waals surface area (Å²) < 4.78 is 6.66. The summed E-state index contributed by atoms with van der Waals surface area (Å²) in [6.45, 7) is 1.70. The molecule has 2 saturated heterocycles. The van der Waals surface area contributed by atoms with Gasteiger partial charge in [-0.2, -0.15) is 0 Å². The Labute approximate surface area is 195 Å². The Hall–Kier alpha value is -1.83. The van der Waals surface area contributed by atoms with Gasteiger partial charge in [0.05, 0.1) is 17.8 Å². The second-order valence-corrected chi connectivity index (χ2v) is 9.72. The highest BCUT2D eigenvalue weighted by Crippen LogP contribution is 2.46. The molecule has 1 aromatic heterocycles. The molecule has 3 aliphatic rings. The SMILES string of the molecule is COc1nc(-c2cccc(Br)c2Cl)cc2c1[C@H](N1CC[C@H]3NC(=O)NCCCC31)CC2. The van der Waals surface area contributed by atoms with Gasteiger partial charge in [-0.15, -0.1) is 0 Å². The molecule has 0 saturated carbocycles. The molecule has 164 valence electrons. The molecule has 1 aromatic carbocycles. The Bertz CT molecular complexity index is 1020. The number of urea groups is 1. The van der Waals surface area contributed by atoms with Crippen LogP contribution in [-0.2, 0) is 6.42 Å². The lowest BCUT2D eigenvalue weighted by atomic mass is 10.00. The number of hydrogen-bond donors (Lipinski definition) is 2. The zero-order valence-electron chi connectivity index (χ0n) is 17.5. The lowest BCUT2D eigenvalue weighted by molar-refractivity contribution is 0.151. The number of halogens is 2. The molecule has 31 heavy (non-hydrogen) atoms. The summed E-state index contributed by atoms with van der Waals surface area (Å²) in [5.74, 6) is 0.686. The van der Waals surface area contributed by atoms with E-state index in [0.29, 0.717) is 16.9 Å². The smallest absolute Gasteiger partial charge is 0.315 e. The zero-order valence-corrected chi connectivity index (χ0v) is 19.8. The first-order valence-corrected chi connectivity index (χ1v) is 12.1. The standard InChI is InChI=1S/C23H26BrClN4O2/c1-31-22-20-13(12-17(27-22)14-4-2-5-15(24)21(14)25)7-8-19(20)29-11-9-16-18(29)6-3-10-26-23(30)28-16/h2,4-5,12,16,18-19H,3,6-11H2,1H3,(H2,26,28,30)/t16-,18?,19-/m1/s1. The Kier molecular flexibility index (Phi) is 5.84. The van der Waals surface area contributed by atoms with Crippen LogP contribution >= 0.6 is 27.5 Å². The van der Waals surface area contributed by atoms with Crippen molar-refractivity contribution in [3.05, 3.63) is 44.9 Å². The summed E-state index contributed by atoms with van der Waals surface area (Å²) in [5, 5.41) is 6.76. The Morgan fingerprint density at radius 1 is 1.29 bits per heavy atom. The predicted molar refractivity (Wildman–Crippen MR) is 125 cm³/mol. The molecule has 2 N–H and O–H groups in total. The lowest BCUT2D eigenvalue weighted by Crippen LogP contribution is -2.51. The fourth-order valence-electron chi connectivity index (χ4n) is 5.44. The van der Waals surface area contributed by atoms with Gasteiger partial charge in [-0.1, -0.05) is 23.7 Å². The minimum Gasteiger partial charge on any atom is -0.481 e. The van der Waals surface area contributed by atoms with Gasteiger partial charge in [-0.25, -0.2) is 9.78 Å². The summed E-state index contributed by atoms with van der Waals surface area (Å²) in [6.07, 6.45) is 5.08. The number of carbonyl (C=O) groups is 1. The highest BCUT2D eigenvalue weighted by molar-refractivity contribution is 9.10. The fraction of sp³-hybridized carbons (Fsp3) is 0.478. The van der Waals surface area contributed by atoms with Gasteiger partial charge in [0.1, 0.15) is 0 Å². The number of methoxy groups -OCH3 is 1. The molecule has 8 heteroatoms. The van der Waals surface area contributed by atoms with Gasteiger partial charge >= 0.3 is 6.03 Å². The Balaban J connectivity index is 1.49. The minimum atomic E-state index is -0.0434. The summed E-state index contributed by atoms with van der Waals surface area (Å²) in [7, 11) is 1.69. The van der Waals surface area contributed by atoms with Crippen LogP contribution in [0.25, 0.3) is 11.3 Å². The summed E-state index contributed by atoms with van der Waals surface area (Å²) >= 11 is 10.1. The summed E-state index contributed by atoms with van der Waals surface area (Å²) in [4.78, 5) is 19.5. The number of carbonyl (C=O) groups excluding carboxylic acids is 1. The van der Waals surface area contributed by atoms with Crippen molar-refractivity contribution in [1.82, 2.24) is 20.5 Å². The molecule has 3 heterocycles. The molecular weight excluding hydrogens is 480 g/mol. The van der Waals surface area contributed by atoms with Crippen molar-refractivity contribution in [2.24, 2.45) is 0 Å². The second-order valence-electron chi connectivity index (χ2n) is 8.49. The van der Waals surface area contributed by atoms with Crippen LogP contribution in [0.3, 0.4) is 0 Å². The van der Waals surface area contributed by atoms with Crippen molar-refractivity contribution in [2.75, 3.05) is 20.2 Å². The molecular formula is C23H26BrClN4O2. The molecule has 1 aliphatic carbocycles. The van der Waals surface area contributed by atoms with Crippen LogP contribution in [-0.4, -0.2) is 48.2 Å². The van der Waals surface area contributed by atoms with Crippen LogP contribution in [0.5, 0.6) is 5.88 Å².